The zero-order valence-corrected chi connectivity index (χ0v) is 15.2. The lowest BCUT2D eigenvalue weighted by Crippen LogP contribution is -2.06. The van der Waals surface area contributed by atoms with E-state index < -0.39 is 3.79 Å². The second-order valence-corrected chi connectivity index (χ2v) is 8.55. The standard InChI is InChI=1S/C16H25Cl3O3/c17-16(18,19)11-9-7-5-3-1-2-4-6-8-10-13-12-14(20)22-15(13)21/h13H,1-12H2. The molecule has 6 heteroatoms. The van der Waals surface area contributed by atoms with Crippen molar-refractivity contribution in [2.75, 3.05) is 0 Å². The summed E-state index contributed by atoms with van der Waals surface area (Å²) in [5, 5.41) is 0. The molecule has 0 amide bonds. The van der Waals surface area contributed by atoms with Gasteiger partial charge in [0.15, 0.2) is 3.79 Å². The smallest absolute Gasteiger partial charge is 0.317 e. The predicted molar refractivity (Wildman–Crippen MR) is 90.3 cm³/mol. The van der Waals surface area contributed by atoms with E-state index in [-0.39, 0.29) is 24.3 Å². The van der Waals surface area contributed by atoms with Crippen LogP contribution in [0.2, 0.25) is 0 Å². The Bertz CT molecular complexity index is 353. The molecular formula is C16H25Cl3O3. The Kier molecular flexibility index (Phi) is 9.77. The summed E-state index contributed by atoms with van der Waals surface area (Å²) in [5.41, 5.74) is 0. The van der Waals surface area contributed by atoms with Crippen LogP contribution in [0, 0.1) is 5.92 Å². The van der Waals surface area contributed by atoms with Gasteiger partial charge in [0.05, 0.1) is 12.3 Å². The fourth-order valence-electron chi connectivity index (χ4n) is 2.70. The number of unbranched alkanes of at least 4 members (excludes halogenated alkanes) is 8. The molecule has 0 aliphatic carbocycles. The van der Waals surface area contributed by atoms with Crippen LogP contribution in [-0.2, 0) is 14.3 Å². The van der Waals surface area contributed by atoms with E-state index in [0.717, 1.165) is 32.1 Å². The number of esters is 2. The summed E-state index contributed by atoms with van der Waals surface area (Å²) in [4.78, 5) is 22.2. The molecule has 128 valence electrons. The maximum Gasteiger partial charge on any atom is 0.317 e. The van der Waals surface area contributed by atoms with Crippen molar-refractivity contribution in [2.24, 2.45) is 5.92 Å². The highest BCUT2D eigenvalue weighted by atomic mass is 35.6. The van der Waals surface area contributed by atoms with Gasteiger partial charge in [-0.15, -0.1) is 0 Å². The van der Waals surface area contributed by atoms with Crippen molar-refractivity contribution >= 4 is 46.7 Å². The molecule has 22 heavy (non-hydrogen) atoms. The van der Waals surface area contributed by atoms with Crippen molar-refractivity contribution in [1.29, 1.82) is 0 Å². The molecule has 0 bridgehead atoms. The van der Waals surface area contributed by atoms with Gasteiger partial charge in [0.2, 0.25) is 0 Å². The lowest BCUT2D eigenvalue weighted by molar-refractivity contribution is -0.153. The van der Waals surface area contributed by atoms with Gasteiger partial charge in [-0.05, 0) is 19.3 Å². The van der Waals surface area contributed by atoms with Gasteiger partial charge in [-0.25, -0.2) is 0 Å². The van der Waals surface area contributed by atoms with E-state index in [0.29, 0.717) is 6.42 Å². The fraction of sp³-hybridized carbons (Fsp3) is 0.875. The Morgan fingerprint density at radius 2 is 1.36 bits per heavy atom. The number of alkyl halides is 3. The number of hydrogen-bond acceptors (Lipinski definition) is 3. The van der Waals surface area contributed by atoms with Crippen molar-refractivity contribution in [3.05, 3.63) is 0 Å². The van der Waals surface area contributed by atoms with E-state index in [4.69, 9.17) is 34.8 Å². The fourth-order valence-corrected chi connectivity index (χ4v) is 3.10. The molecule has 1 fully saturated rings. The van der Waals surface area contributed by atoms with Gasteiger partial charge in [0.25, 0.3) is 0 Å². The summed E-state index contributed by atoms with van der Waals surface area (Å²) in [5.74, 6) is -0.894. The minimum Gasteiger partial charge on any atom is -0.393 e. The van der Waals surface area contributed by atoms with Crippen LogP contribution in [0.5, 0.6) is 0 Å². The molecule has 3 nitrogen and oxygen atoms in total. The molecule has 0 saturated carbocycles. The highest BCUT2D eigenvalue weighted by Crippen LogP contribution is 2.32. The molecule has 0 N–H and O–H groups in total. The van der Waals surface area contributed by atoms with E-state index >= 15 is 0 Å². The average Bonchev–Trinajstić information content (AvgIpc) is 2.73. The first kappa shape index (κ1) is 20.1. The predicted octanol–water partition coefficient (Wildman–Crippen LogP) is 5.74. The van der Waals surface area contributed by atoms with Gasteiger partial charge < -0.3 is 4.74 Å². The van der Waals surface area contributed by atoms with Gasteiger partial charge in [-0.1, -0.05) is 86.2 Å². The molecule has 1 saturated heterocycles. The number of hydrogen-bond donors (Lipinski definition) is 0. The van der Waals surface area contributed by atoms with E-state index in [2.05, 4.69) is 4.74 Å². The zero-order chi connectivity index (χ0) is 16.4. The molecule has 1 aliphatic heterocycles. The van der Waals surface area contributed by atoms with Crippen molar-refractivity contribution in [1.82, 2.24) is 0 Å². The Balaban J connectivity index is 1.82. The maximum absolute atomic E-state index is 11.3. The van der Waals surface area contributed by atoms with Gasteiger partial charge >= 0.3 is 11.9 Å². The maximum atomic E-state index is 11.3. The minimum atomic E-state index is -1.10. The van der Waals surface area contributed by atoms with Crippen LogP contribution in [0.15, 0.2) is 0 Å². The third kappa shape index (κ3) is 9.91. The molecule has 1 aliphatic rings. The van der Waals surface area contributed by atoms with Crippen LogP contribution < -0.4 is 0 Å². The van der Waals surface area contributed by atoms with Gasteiger partial charge in [-0.2, -0.15) is 0 Å². The van der Waals surface area contributed by atoms with Gasteiger partial charge in [0.1, 0.15) is 0 Å². The summed E-state index contributed by atoms with van der Waals surface area (Å²) >= 11 is 17.1. The van der Waals surface area contributed by atoms with Crippen LogP contribution in [-0.4, -0.2) is 15.7 Å². The van der Waals surface area contributed by atoms with Crippen LogP contribution in [0.4, 0.5) is 0 Å². The molecule has 1 atom stereocenters. The number of rotatable bonds is 11. The average molecular weight is 372 g/mol. The summed E-state index contributed by atoms with van der Waals surface area (Å²) in [7, 11) is 0. The number of ether oxygens (including phenoxy) is 1. The molecule has 1 unspecified atom stereocenters. The molecule has 0 aromatic heterocycles. The molecule has 0 aromatic carbocycles. The first-order valence-electron chi connectivity index (χ1n) is 8.20. The molecule has 1 heterocycles. The molecule has 0 spiro atoms. The van der Waals surface area contributed by atoms with E-state index in [1.807, 2.05) is 0 Å². The van der Waals surface area contributed by atoms with Crippen molar-refractivity contribution in [3.63, 3.8) is 0 Å². The highest BCUT2D eigenvalue weighted by molar-refractivity contribution is 6.67. The van der Waals surface area contributed by atoms with Crippen LogP contribution >= 0.6 is 34.8 Å². The van der Waals surface area contributed by atoms with Crippen molar-refractivity contribution in [3.8, 4) is 0 Å². The van der Waals surface area contributed by atoms with Crippen molar-refractivity contribution in [2.45, 2.75) is 80.8 Å². The lowest BCUT2D eigenvalue weighted by Gasteiger charge is -2.09. The third-order valence-corrected chi connectivity index (χ3v) is 4.54. The normalized spacial score (nSPS) is 18.8. The Morgan fingerprint density at radius 3 is 1.82 bits per heavy atom. The quantitative estimate of drug-likeness (QED) is 0.201. The first-order valence-corrected chi connectivity index (χ1v) is 9.33. The van der Waals surface area contributed by atoms with Crippen LogP contribution in [0.3, 0.4) is 0 Å². The third-order valence-electron chi connectivity index (χ3n) is 3.97. The first-order chi connectivity index (χ1) is 10.4. The summed E-state index contributed by atoms with van der Waals surface area (Å²) in [6.45, 7) is 0. The molecule has 0 aromatic rings. The van der Waals surface area contributed by atoms with Gasteiger partial charge in [0, 0.05) is 0 Å². The van der Waals surface area contributed by atoms with Crippen LogP contribution in [0.1, 0.15) is 77.0 Å². The SMILES string of the molecule is O=C1CC(CCCCCCCCCCCC(Cl)(Cl)Cl)C(=O)O1. The van der Waals surface area contributed by atoms with E-state index in [1.54, 1.807) is 0 Å². The lowest BCUT2D eigenvalue weighted by atomic mass is 9.99. The second-order valence-electron chi connectivity index (χ2n) is 6.03. The minimum absolute atomic E-state index is 0.189. The van der Waals surface area contributed by atoms with Crippen molar-refractivity contribution < 1.29 is 14.3 Å². The number of cyclic esters (lactones) is 2. The zero-order valence-electron chi connectivity index (χ0n) is 12.9. The molecule has 0 radical (unpaired) electrons. The summed E-state index contributed by atoms with van der Waals surface area (Å²) in [6, 6.07) is 0. The number of carbonyl (C=O) groups excluding carboxylic acids is 2. The second kappa shape index (κ2) is 10.7. The van der Waals surface area contributed by atoms with Gasteiger partial charge in [-0.3, -0.25) is 9.59 Å². The highest BCUT2D eigenvalue weighted by Gasteiger charge is 2.32. The monoisotopic (exact) mass is 370 g/mol. The topological polar surface area (TPSA) is 43.4 Å². The summed E-state index contributed by atoms with van der Waals surface area (Å²) in [6.07, 6.45) is 11.9. The van der Waals surface area contributed by atoms with E-state index in [9.17, 15) is 9.59 Å². The largest absolute Gasteiger partial charge is 0.393 e. The Morgan fingerprint density at radius 1 is 0.864 bits per heavy atom. The molecule has 1 rings (SSSR count). The number of carbonyl (C=O) groups is 2. The number of halogens is 3. The Labute approximate surface area is 148 Å². The Hall–Kier alpha value is 0.01000. The summed E-state index contributed by atoms with van der Waals surface area (Å²) < 4.78 is 3.43. The molecular weight excluding hydrogens is 347 g/mol. The van der Waals surface area contributed by atoms with E-state index in [1.165, 1.54) is 32.1 Å². The van der Waals surface area contributed by atoms with Crippen LogP contribution in [0.25, 0.3) is 0 Å².